The van der Waals surface area contributed by atoms with Crippen molar-refractivity contribution in [3.8, 4) is 0 Å². The monoisotopic (exact) mass is 416 g/mol. The molecule has 17 heavy (non-hydrogen) atoms. The maximum absolute atomic E-state index is 5.83. The van der Waals surface area contributed by atoms with Crippen LogP contribution in [0.25, 0.3) is 0 Å². The molecule has 0 aromatic carbocycles. The Labute approximate surface area is 127 Å². The topological polar surface area (TPSA) is 9.23 Å². The van der Waals surface area contributed by atoms with Crippen LogP contribution in [0.2, 0.25) is 0 Å². The van der Waals surface area contributed by atoms with Gasteiger partial charge in [0, 0.05) is 25.8 Å². The summed E-state index contributed by atoms with van der Waals surface area (Å²) in [5.41, 5.74) is 2.17. The Morgan fingerprint density at radius 2 is 1.71 bits per heavy atom. The van der Waals surface area contributed by atoms with Gasteiger partial charge >= 0.3 is 0 Å². The van der Waals surface area contributed by atoms with Gasteiger partial charge in [0.25, 0.3) is 0 Å². The van der Waals surface area contributed by atoms with Crippen molar-refractivity contribution in [3.05, 3.63) is 47.6 Å². The largest absolute Gasteiger partial charge is 0.263 e. The second-order valence-corrected chi connectivity index (χ2v) is 4.46. The Kier molecular flexibility index (Phi) is 6.11. The summed E-state index contributed by atoms with van der Waals surface area (Å²) in [7, 11) is 0. The zero-order valence-corrected chi connectivity index (χ0v) is 14.4. The fourth-order valence-electron chi connectivity index (χ4n) is 2.51. The normalized spacial score (nSPS) is 18.0. The predicted octanol–water partition coefficient (Wildman–Crippen LogP) is 4.47. The summed E-state index contributed by atoms with van der Waals surface area (Å²) in [4.78, 5) is 0. The van der Waals surface area contributed by atoms with Crippen LogP contribution in [0, 0.1) is 0 Å². The number of hydrogen-bond donors (Lipinski definition) is 0. The van der Waals surface area contributed by atoms with Gasteiger partial charge in [-0.15, -0.1) is 0 Å². The van der Waals surface area contributed by atoms with Gasteiger partial charge < -0.3 is 0 Å². The molecule has 0 fully saturated rings. The number of halogens is 1. The van der Waals surface area contributed by atoms with E-state index in [1.54, 1.807) is 0 Å². The molecule has 0 aromatic rings. The third-order valence-corrected chi connectivity index (χ3v) is 3.58. The minimum absolute atomic E-state index is 0. The van der Waals surface area contributed by atoms with E-state index in [0.717, 1.165) is 25.7 Å². The molecule has 3 heteroatoms. The molecule has 0 aliphatic heterocycles. The quantitative estimate of drug-likeness (QED) is 0.603. The molecule has 0 radical (unpaired) electrons. The zero-order valence-electron chi connectivity index (χ0n) is 10.1. The molecular formula is C14H17ClHfO. The molecule has 0 heterocycles. The van der Waals surface area contributed by atoms with Crippen molar-refractivity contribution in [2.45, 2.75) is 38.2 Å². The second kappa shape index (κ2) is 6.86. The van der Waals surface area contributed by atoms with E-state index < -0.39 is 0 Å². The zero-order chi connectivity index (χ0) is 11.4. The van der Waals surface area contributed by atoms with Crippen molar-refractivity contribution in [3.63, 3.8) is 0 Å². The van der Waals surface area contributed by atoms with Gasteiger partial charge in [-0.1, -0.05) is 49.8 Å². The molecule has 90 valence electrons. The van der Waals surface area contributed by atoms with Gasteiger partial charge in [0.05, 0.1) is 11.9 Å². The smallest absolute Gasteiger partial charge is 0.133 e. The minimum Gasteiger partial charge on any atom is -0.263 e. The van der Waals surface area contributed by atoms with Crippen LogP contribution in [0.15, 0.2) is 47.6 Å². The van der Waals surface area contributed by atoms with Gasteiger partial charge in [-0.05, 0) is 30.4 Å². The van der Waals surface area contributed by atoms with Gasteiger partial charge in [-0.3, -0.25) is 4.29 Å². The molecule has 0 N–H and O–H groups in total. The van der Waals surface area contributed by atoms with Crippen LogP contribution in [0.3, 0.4) is 0 Å². The van der Waals surface area contributed by atoms with Gasteiger partial charge in [0.15, 0.2) is 0 Å². The van der Waals surface area contributed by atoms with Crippen molar-refractivity contribution in [1.29, 1.82) is 0 Å². The van der Waals surface area contributed by atoms with Crippen molar-refractivity contribution in [2.24, 2.45) is 0 Å². The van der Waals surface area contributed by atoms with Gasteiger partial charge in [0.1, 0.15) is 5.60 Å². The molecule has 2 aliphatic rings. The van der Waals surface area contributed by atoms with Crippen molar-refractivity contribution in [1.82, 2.24) is 0 Å². The Morgan fingerprint density at radius 1 is 1.18 bits per heavy atom. The summed E-state index contributed by atoms with van der Waals surface area (Å²) in [5.74, 6) is 0. The second-order valence-electron chi connectivity index (χ2n) is 4.30. The van der Waals surface area contributed by atoms with Crippen LogP contribution in [0.5, 0.6) is 0 Å². The average Bonchev–Trinajstić information content (AvgIpc) is 2.98. The number of rotatable bonds is 5. The standard InChI is InChI=1S/C14H17ClO.Hf/c1-2-11-14(16-15,12-7-3-4-8-12)13-9-5-6-10-13;/h3-7,9H,2,8,10-11H2,1H3;. The molecular weight excluding hydrogens is 398 g/mol. The molecule has 0 spiro atoms. The summed E-state index contributed by atoms with van der Waals surface area (Å²) in [6, 6.07) is 0. The predicted molar refractivity (Wildman–Crippen MR) is 68.3 cm³/mol. The molecule has 0 aromatic heterocycles. The Hall–Kier alpha value is 0.0801. The van der Waals surface area contributed by atoms with Crippen molar-refractivity contribution >= 4 is 11.9 Å². The Bertz CT molecular complexity index is 350. The van der Waals surface area contributed by atoms with E-state index in [9.17, 15) is 0 Å². The van der Waals surface area contributed by atoms with Crippen LogP contribution in [0.4, 0.5) is 0 Å². The van der Waals surface area contributed by atoms with E-state index in [-0.39, 0.29) is 31.4 Å². The molecule has 2 aliphatic carbocycles. The molecule has 0 amide bonds. The number of allylic oxidation sites excluding steroid dienone is 6. The Morgan fingerprint density at radius 3 is 2.00 bits per heavy atom. The first-order chi connectivity index (χ1) is 7.83. The fraction of sp³-hybridized carbons (Fsp3) is 0.429. The van der Waals surface area contributed by atoms with E-state index in [2.05, 4.69) is 43.4 Å². The average molecular weight is 415 g/mol. The molecule has 2 rings (SSSR count). The van der Waals surface area contributed by atoms with Gasteiger partial charge in [0.2, 0.25) is 0 Å². The van der Waals surface area contributed by atoms with Gasteiger partial charge in [-0.2, -0.15) is 0 Å². The maximum atomic E-state index is 5.83. The number of hydrogen-bond acceptors (Lipinski definition) is 1. The summed E-state index contributed by atoms with van der Waals surface area (Å²) in [6.07, 6.45) is 16.6. The molecule has 0 unspecified atom stereocenters. The van der Waals surface area contributed by atoms with Crippen LogP contribution in [0.1, 0.15) is 32.6 Å². The summed E-state index contributed by atoms with van der Waals surface area (Å²) in [5, 5.41) is 0. The van der Waals surface area contributed by atoms with Crippen LogP contribution in [-0.2, 0) is 30.1 Å². The van der Waals surface area contributed by atoms with Crippen molar-refractivity contribution in [2.75, 3.05) is 0 Å². The van der Waals surface area contributed by atoms with E-state index in [1.807, 2.05) is 0 Å². The summed E-state index contributed by atoms with van der Waals surface area (Å²) in [6.45, 7) is 2.16. The van der Waals surface area contributed by atoms with E-state index >= 15 is 0 Å². The first-order valence-electron chi connectivity index (χ1n) is 5.85. The fourth-order valence-corrected chi connectivity index (χ4v) is 2.79. The van der Waals surface area contributed by atoms with Gasteiger partial charge in [-0.25, -0.2) is 0 Å². The van der Waals surface area contributed by atoms with E-state index in [4.69, 9.17) is 16.2 Å². The van der Waals surface area contributed by atoms with E-state index in [0.29, 0.717) is 0 Å². The Balaban J connectivity index is 0.00000144. The maximum Gasteiger partial charge on any atom is 0.133 e. The summed E-state index contributed by atoms with van der Waals surface area (Å²) < 4.78 is 5.40. The molecule has 0 atom stereocenters. The summed E-state index contributed by atoms with van der Waals surface area (Å²) >= 11 is 5.83. The first-order valence-corrected chi connectivity index (χ1v) is 6.16. The molecule has 0 saturated heterocycles. The third kappa shape index (κ3) is 2.91. The van der Waals surface area contributed by atoms with Crippen LogP contribution < -0.4 is 0 Å². The molecule has 0 bridgehead atoms. The van der Waals surface area contributed by atoms with E-state index in [1.165, 1.54) is 11.1 Å². The van der Waals surface area contributed by atoms with Crippen LogP contribution >= 0.6 is 11.9 Å². The first kappa shape index (κ1) is 15.1. The molecule has 0 saturated carbocycles. The molecule has 1 nitrogen and oxygen atoms in total. The SMILES string of the molecule is CCCC(OCl)(C1=CC=CC1)C1=CC=CC1.[Hf]. The van der Waals surface area contributed by atoms with Crippen molar-refractivity contribution < 1.29 is 30.1 Å². The van der Waals surface area contributed by atoms with Crippen LogP contribution in [-0.4, -0.2) is 5.60 Å². The minimum atomic E-state index is -0.386. The third-order valence-electron chi connectivity index (χ3n) is 3.31.